The van der Waals surface area contributed by atoms with Gasteiger partial charge in [0, 0.05) is 36.7 Å². The summed E-state index contributed by atoms with van der Waals surface area (Å²) in [6, 6.07) is 19.2. The predicted molar refractivity (Wildman–Crippen MR) is 123 cm³/mol. The largest absolute Gasteiger partial charge is 0.348 e. The lowest BCUT2D eigenvalue weighted by molar-refractivity contribution is -0.120. The van der Waals surface area contributed by atoms with E-state index in [0.29, 0.717) is 6.42 Å². The molecule has 3 aromatic rings. The Hall–Kier alpha value is -2.94. The average molecular weight is 451 g/mol. The molecular weight excluding hydrogens is 424 g/mol. The molecule has 2 atom stereocenters. The van der Waals surface area contributed by atoms with E-state index < -0.39 is 10.0 Å². The molecule has 166 valence electrons. The van der Waals surface area contributed by atoms with Crippen molar-refractivity contribution in [3.8, 4) is 0 Å². The van der Waals surface area contributed by atoms with Gasteiger partial charge in [-0.1, -0.05) is 30.3 Å². The van der Waals surface area contributed by atoms with E-state index in [0.717, 1.165) is 29.9 Å². The molecule has 0 saturated heterocycles. The number of anilines is 1. The normalized spacial score (nSPS) is 20.8. The molecule has 0 saturated carbocycles. The molecule has 2 N–H and O–H groups in total. The Morgan fingerprint density at radius 3 is 2.59 bits per heavy atom. The van der Waals surface area contributed by atoms with E-state index in [-0.39, 0.29) is 29.4 Å². The van der Waals surface area contributed by atoms with Crippen molar-refractivity contribution in [2.24, 2.45) is 5.14 Å². The number of aromatic nitrogens is 1. The van der Waals surface area contributed by atoms with Crippen LogP contribution in [0.5, 0.6) is 0 Å². The number of amides is 1. The Bertz CT molecular complexity index is 1270. The molecule has 0 radical (unpaired) electrons. The van der Waals surface area contributed by atoms with Crippen molar-refractivity contribution >= 4 is 21.6 Å². The van der Waals surface area contributed by atoms with Crippen molar-refractivity contribution in [1.29, 1.82) is 0 Å². The summed E-state index contributed by atoms with van der Waals surface area (Å²) in [5.74, 6) is 0.0144. The summed E-state index contributed by atoms with van der Waals surface area (Å²) in [4.78, 5) is 17.6. The standard InChI is InChI=1S/C24H26N4O3S/c1-17-14-19-15-20(32(25,30)31)9-10-21(19)28(17)23(29)16-27-13-12-26-11-5-8-22(26)24(27)18-6-3-2-4-7-18/h2-11,15,17,24H,12-14,16H2,1H3,(H2,25,30,31). The fraction of sp³-hybridized carbons (Fsp3) is 0.292. The van der Waals surface area contributed by atoms with Gasteiger partial charge in [0.25, 0.3) is 0 Å². The Morgan fingerprint density at radius 1 is 1.06 bits per heavy atom. The average Bonchev–Trinajstić information content (AvgIpc) is 3.36. The molecule has 0 bridgehead atoms. The highest BCUT2D eigenvalue weighted by atomic mass is 32.2. The molecule has 2 aliphatic heterocycles. The first-order valence-electron chi connectivity index (χ1n) is 10.7. The maximum absolute atomic E-state index is 13.5. The van der Waals surface area contributed by atoms with Crippen LogP contribution >= 0.6 is 0 Å². The number of carbonyl (C=O) groups excluding carboxylic acids is 1. The molecule has 1 aromatic heterocycles. The third-order valence-corrected chi connectivity index (χ3v) is 7.37. The zero-order valence-corrected chi connectivity index (χ0v) is 18.7. The zero-order valence-electron chi connectivity index (χ0n) is 17.9. The van der Waals surface area contributed by atoms with Crippen LogP contribution in [-0.4, -0.2) is 42.9 Å². The molecule has 0 aliphatic carbocycles. The molecule has 3 heterocycles. The maximum Gasteiger partial charge on any atom is 0.241 e. The molecule has 8 heteroatoms. The third kappa shape index (κ3) is 3.64. The van der Waals surface area contributed by atoms with Gasteiger partial charge in [-0.25, -0.2) is 13.6 Å². The number of sulfonamides is 1. The number of rotatable bonds is 4. The Kier molecular flexibility index (Phi) is 5.16. The summed E-state index contributed by atoms with van der Waals surface area (Å²) in [6.07, 6.45) is 2.70. The zero-order chi connectivity index (χ0) is 22.5. The van der Waals surface area contributed by atoms with Crippen LogP contribution in [0.15, 0.2) is 71.8 Å². The van der Waals surface area contributed by atoms with E-state index in [1.54, 1.807) is 17.0 Å². The molecule has 2 aromatic carbocycles. The summed E-state index contributed by atoms with van der Waals surface area (Å²) >= 11 is 0. The molecule has 2 unspecified atom stereocenters. The first-order chi connectivity index (χ1) is 15.3. The summed E-state index contributed by atoms with van der Waals surface area (Å²) in [5.41, 5.74) is 3.95. The van der Waals surface area contributed by atoms with Gasteiger partial charge < -0.3 is 9.47 Å². The monoisotopic (exact) mass is 450 g/mol. The second-order valence-electron chi connectivity index (χ2n) is 8.56. The molecule has 7 nitrogen and oxygen atoms in total. The van der Waals surface area contributed by atoms with Crippen LogP contribution in [0.1, 0.15) is 29.8 Å². The Labute approximate surface area is 188 Å². The van der Waals surface area contributed by atoms with Gasteiger partial charge in [-0.2, -0.15) is 0 Å². The van der Waals surface area contributed by atoms with E-state index in [9.17, 15) is 13.2 Å². The third-order valence-electron chi connectivity index (χ3n) is 6.46. The van der Waals surface area contributed by atoms with Crippen molar-refractivity contribution in [3.05, 3.63) is 83.7 Å². The van der Waals surface area contributed by atoms with Crippen LogP contribution in [0.4, 0.5) is 5.69 Å². The highest BCUT2D eigenvalue weighted by molar-refractivity contribution is 7.89. The van der Waals surface area contributed by atoms with Crippen molar-refractivity contribution in [2.45, 2.75) is 36.9 Å². The van der Waals surface area contributed by atoms with Crippen LogP contribution in [0, 0.1) is 0 Å². The number of hydrogen-bond donors (Lipinski definition) is 1. The van der Waals surface area contributed by atoms with E-state index in [1.165, 1.54) is 11.8 Å². The summed E-state index contributed by atoms with van der Waals surface area (Å²) in [6.45, 7) is 3.88. The van der Waals surface area contributed by atoms with Gasteiger partial charge in [0.05, 0.1) is 17.5 Å². The van der Waals surface area contributed by atoms with Crippen LogP contribution < -0.4 is 10.0 Å². The highest BCUT2D eigenvalue weighted by Gasteiger charge is 2.35. The van der Waals surface area contributed by atoms with E-state index >= 15 is 0 Å². The highest BCUT2D eigenvalue weighted by Crippen LogP contribution is 2.36. The van der Waals surface area contributed by atoms with Crippen molar-refractivity contribution in [2.75, 3.05) is 18.0 Å². The first kappa shape index (κ1) is 20.9. The number of primary sulfonamides is 1. The van der Waals surface area contributed by atoms with Gasteiger partial charge >= 0.3 is 0 Å². The second kappa shape index (κ2) is 7.88. The van der Waals surface area contributed by atoms with Gasteiger partial charge in [0.15, 0.2) is 0 Å². The fourth-order valence-corrected chi connectivity index (χ4v) is 5.60. The molecule has 2 aliphatic rings. The molecule has 0 fully saturated rings. The van der Waals surface area contributed by atoms with Crippen LogP contribution in [0.3, 0.4) is 0 Å². The van der Waals surface area contributed by atoms with Crippen LogP contribution in [-0.2, 0) is 27.8 Å². The van der Waals surface area contributed by atoms with Crippen LogP contribution in [0.25, 0.3) is 0 Å². The van der Waals surface area contributed by atoms with Crippen molar-refractivity contribution in [3.63, 3.8) is 0 Å². The van der Waals surface area contributed by atoms with E-state index in [4.69, 9.17) is 5.14 Å². The fourth-order valence-electron chi connectivity index (χ4n) is 5.03. The van der Waals surface area contributed by atoms with Gasteiger partial charge in [0.1, 0.15) is 0 Å². The minimum Gasteiger partial charge on any atom is -0.348 e. The lowest BCUT2D eigenvalue weighted by Gasteiger charge is -2.38. The Morgan fingerprint density at radius 2 is 1.84 bits per heavy atom. The smallest absolute Gasteiger partial charge is 0.241 e. The summed E-state index contributed by atoms with van der Waals surface area (Å²) in [7, 11) is -3.78. The number of benzene rings is 2. The maximum atomic E-state index is 13.5. The van der Waals surface area contributed by atoms with Crippen molar-refractivity contribution in [1.82, 2.24) is 9.47 Å². The molecule has 5 rings (SSSR count). The minimum absolute atomic E-state index is 0.00559. The summed E-state index contributed by atoms with van der Waals surface area (Å²) < 4.78 is 25.7. The topological polar surface area (TPSA) is 88.6 Å². The predicted octanol–water partition coefficient (Wildman–Crippen LogP) is 2.52. The minimum atomic E-state index is -3.78. The molecule has 1 amide bonds. The number of hydrogen-bond acceptors (Lipinski definition) is 4. The van der Waals surface area contributed by atoms with Gasteiger partial charge in [-0.05, 0) is 54.8 Å². The quantitative estimate of drug-likeness (QED) is 0.662. The molecular formula is C24H26N4O3S. The number of fused-ring (bicyclic) bond motifs is 2. The van der Waals surface area contributed by atoms with Gasteiger partial charge in [-0.3, -0.25) is 9.69 Å². The number of nitrogens with zero attached hydrogens (tertiary/aromatic N) is 3. The molecule has 32 heavy (non-hydrogen) atoms. The Balaban J connectivity index is 1.44. The lowest BCUT2D eigenvalue weighted by atomic mass is 10.00. The number of carbonyl (C=O) groups is 1. The van der Waals surface area contributed by atoms with Crippen LogP contribution in [0.2, 0.25) is 0 Å². The SMILES string of the molecule is CC1Cc2cc(S(N)(=O)=O)ccc2N1C(=O)CN1CCn2cccc2C1c1ccccc1. The molecule has 0 spiro atoms. The summed E-state index contributed by atoms with van der Waals surface area (Å²) in [5, 5.41) is 5.29. The van der Waals surface area contributed by atoms with E-state index in [2.05, 4.69) is 39.9 Å². The van der Waals surface area contributed by atoms with Crippen molar-refractivity contribution < 1.29 is 13.2 Å². The lowest BCUT2D eigenvalue weighted by Crippen LogP contribution is -2.47. The second-order valence-corrected chi connectivity index (χ2v) is 10.1. The van der Waals surface area contributed by atoms with Gasteiger partial charge in [-0.15, -0.1) is 0 Å². The number of nitrogens with two attached hydrogens (primary N) is 1. The van der Waals surface area contributed by atoms with Gasteiger partial charge in [0.2, 0.25) is 15.9 Å². The van der Waals surface area contributed by atoms with E-state index in [1.807, 2.05) is 25.1 Å². The first-order valence-corrected chi connectivity index (χ1v) is 12.3.